The van der Waals surface area contributed by atoms with Gasteiger partial charge in [-0.3, -0.25) is 4.79 Å². The standard InChI is InChI=1S/C20H27N3O2/c1-5-6-13-23(4)19-14-16(11-12-21-19)20(24)22-17-7-9-18(10-8-17)25-15(2)3/h7-12,14-15H,5-6,13H2,1-4H3,(H,22,24). The highest BCUT2D eigenvalue weighted by Crippen LogP contribution is 2.18. The van der Waals surface area contributed by atoms with Crippen LogP contribution in [0.5, 0.6) is 5.75 Å². The SMILES string of the molecule is CCCCN(C)c1cc(C(=O)Nc2ccc(OC(C)C)cc2)ccn1. The molecule has 5 heteroatoms. The Morgan fingerprint density at radius 2 is 1.96 bits per heavy atom. The molecular weight excluding hydrogens is 314 g/mol. The molecule has 0 bridgehead atoms. The van der Waals surface area contributed by atoms with Gasteiger partial charge in [0.05, 0.1) is 6.10 Å². The van der Waals surface area contributed by atoms with Gasteiger partial charge in [-0.1, -0.05) is 13.3 Å². The van der Waals surface area contributed by atoms with E-state index in [1.54, 1.807) is 12.3 Å². The zero-order valence-electron chi connectivity index (χ0n) is 15.5. The Balaban J connectivity index is 2.03. The second-order valence-electron chi connectivity index (χ2n) is 6.32. The van der Waals surface area contributed by atoms with Crippen LogP contribution in [0.25, 0.3) is 0 Å². The van der Waals surface area contributed by atoms with Gasteiger partial charge in [-0.15, -0.1) is 0 Å². The number of rotatable bonds is 8. The summed E-state index contributed by atoms with van der Waals surface area (Å²) in [5.41, 5.74) is 1.33. The predicted molar refractivity (Wildman–Crippen MR) is 103 cm³/mol. The smallest absolute Gasteiger partial charge is 0.255 e. The van der Waals surface area contributed by atoms with E-state index in [1.165, 1.54) is 0 Å². The number of ether oxygens (including phenoxy) is 1. The summed E-state index contributed by atoms with van der Waals surface area (Å²) in [5.74, 6) is 1.45. The lowest BCUT2D eigenvalue weighted by molar-refractivity contribution is 0.102. The lowest BCUT2D eigenvalue weighted by Gasteiger charge is -2.18. The minimum absolute atomic E-state index is 0.125. The van der Waals surface area contributed by atoms with Crippen LogP contribution < -0.4 is 15.0 Å². The van der Waals surface area contributed by atoms with Crippen LogP contribution in [-0.2, 0) is 0 Å². The molecule has 1 aromatic carbocycles. The van der Waals surface area contributed by atoms with Gasteiger partial charge in [0, 0.05) is 31.0 Å². The Labute approximate surface area is 150 Å². The van der Waals surface area contributed by atoms with Crippen LogP contribution in [-0.4, -0.2) is 30.6 Å². The number of benzene rings is 1. The third-order valence-corrected chi connectivity index (χ3v) is 3.73. The number of pyridine rings is 1. The maximum absolute atomic E-state index is 12.5. The zero-order chi connectivity index (χ0) is 18.2. The van der Waals surface area contributed by atoms with Crippen molar-refractivity contribution in [2.75, 3.05) is 23.8 Å². The van der Waals surface area contributed by atoms with Crippen molar-refractivity contribution < 1.29 is 9.53 Å². The molecule has 1 N–H and O–H groups in total. The van der Waals surface area contributed by atoms with Crippen LogP contribution in [0, 0.1) is 0 Å². The molecule has 1 amide bonds. The van der Waals surface area contributed by atoms with Crippen LogP contribution in [0.1, 0.15) is 44.0 Å². The number of carbonyl (C=O) groups excluding carboxylic acids is 1. The molecule has 1 aromatic heterocycles. The summed E-state index contributed by atoms with van der Waals surface area (Å²) < 4.78 is 5.61. The maximum Gasteiger partial charge on any atom is 0.255 e. The average molecular weight is 341 g/mol. The monoisotopic (exact) mass is 341 g/mol. The summed E-state index contributed by atoms with van der Waals surface area (Å²) in [6.07, 6.45) is 4.02. The van der Waals surface area contributed by atoms with Crippen molar-refractivity contribution in [2.45, 2.75) is 39.7 Å². The number of hydrogen-bond donors (Lipinski definition) is 1. The lowest BCUT2D eigenvalue weighted by Crippen LogP contribution is -2.20. The zero-order valence-corrected chi connectivity index (χ0v) is 15.5. The normalized spacial score (nSPS) is 10.6. The number of nitrogens with one attached hydrogen (secondary N) is 1. The van der Waals surface area contributed by atoms with Gasteiger partial charge in [0.1, 0.15) is 11.6 Å². The van der Waals surface area contributed by atoms with Crippen molar-refractivity contribution in [3.8, 4) is 5.75 Å². The molecule has 0 atom stereocenters. The van der Waals surface area contributed by atoms with Gasteiger partial charge in [-0.25, -0.2) is 4.98 Å². The van der Waals surface area contributed by atoms with Gasteiger partial charge >= 0.3 is 0 Å². The van der Waals surface area contributed by atoms with E-state index < -0.39 is 0 Å². The van der Waals surface area contributed by atoms with Crippen LogP contribution in [0.3, 0.4) is 0 Å². The number of carbonyl (C=O) groups is 1. The van der Waals surface area contributed by atoms with Gasteiger partial charge in [-0.2, -0.15) is 0 Å². The highest BCUT2D eigenvalue weighted by Gasteiger charge is 2.10. The fourth-order valence-electron chi connectivity index (χ4n) is 2.37. The minimum atomic E-state index is -0.148. The van der Waals surface area contributed by atoms with Crippen molar-refractivity contribution >= 4 is 17.4 Å². The summed E-state index contributed by atoms with van der Waals surface area (Å²) >= 11 is 0. The highest BCUT2D eigenvalue weighted by atomic mass is 16.5. The minimum Gasteiger partial charge on any atom is -0.491 e. The molecule has 0 aliphatic carbocycles. The molecule has 0 saturated heterocycles. The second kappa shape index (κ2) is 9.06. The molecule has 1 heterocycles. The molecule has 2 aromatic rings. The third kappa shape index (κ3) is 5.78. The number of unbranched alkanes of at least 4 members (excludes halogenated alkanes) is 1. The van der Waals surface area contributed by atoms with Gasteiger partial charge in [0.15, 0.2) is 0 Å². The molecule has 0 fully saturated rings. The van der Waals surface area contributed by atoms with Crippen LogP contribution in [0.15, 0.2) is 42.6 Å². The van der Waals surface area contributed by atoms with Crippen LogP contribution in [0.4, 0.5) is 11.5 Å². The Morgan fingerprint density at radius 3 is 2.60 bits per heavy atom. The number of amides is 1. The molecule has 0 aliphatic rings. The molecule has 0 spiro atoms. The van der Waals surface area contributed by atoms with Crippen molar-refractivity contribution in [3.05, 3.63) is 48.2 Å². The molecule has 0 aliphatic heterocycles. The first kappa shape index (κ1) is 18.8. The van der Waals surface area contributed by atoms with Gasteiger partial charge < -0.3 is 15.0 Å². The molecule has 5 nitrogen and oxygen atoms in total. The Hall–Kier alpha value is -2.56. The summed E-state index contributed by atoms with van der Waals surface area (Å²) in [4.78, 5) is 18.9. The van der Waals surface area contributed by atoms with Gasteiger partial charge in [-0.05, 0) is 56.7 Å². The fourth-order valence-corrected chi connectivity index (χ4v) is 2.37. The Bertz CT molecular complexity index is 684. The van der Waals surface area contributed by atoms with Crippen LogP contribution >= 0.6 is 0 Å². The quantitative estimate of drug-likeness (QED) is 0.775. The van der Waals surface area contributed by atoms with E-state index in [0.717, 1.165) is 36.6 Å². The number of hydrogen-bond acceptors (Lipinski definition) is 4. The first-order valence-corrected chi connectivity index (χ1v) is 8.75. The fraction of sp³-hybridized carbons (Fsp3) is 0.400. The molecule has 0 radical (unpaired) electrons. The van der Waals surface area contributed by atoms with Crippen molar-refractivity contribution in [3.63, 3.8) is 0 Å². The predicted octanol–water partition coefficient (Wildman–Crippen LogP) is 4.36. The molecule has 134 valence electrons. The molecule has 25 heavy (non-hydrogen) atoms. The topological polar surface area (TPSA) is 54.5 Å². The van der Waals surface area contributed by atoms with E-state index in [4.69, 9.17) is 4.74 Å². The van der Waals surface area contributed by atoms with Crippen molar-refractivity contribution in [1.29, 1.82) is 0 Å². The number of aromatic nitrogens is 1. The summed E-state index contributed by atoms with van der Waals surface area (Å²) in [7, 11) is 1.99. The lowest BCUT2D eigenvalue weighted by atomic mass is 10.2. The van der Waals surface area contributed by atoms with Crippen LogP contribution in [0.2, 0.25) is 0 Å². The average Bonchev–Trinajstić information content (AvgIpc) is 2.61. The molecule has 0 saturated carbocycles. The summed E-state index contributed by atoms with van der Waals surface area (Å²) in [6.45, 7) is 7.04. The van der Waals surface area contributed by atoms with E-state index in [-0.39, 0.29) is 12.0 Å². The van der Waals surface area contributed by atoms with E-state index in [0.29, 0.717) is 5.56 Å². The molecular formula is C20H27N3O2. The van der Waals surface area contributed by atoms with Gasteiger partial charge in [0.25, 0.3) is 5.91 Å². The number of nitrogens with zero attached hydrogens (tertiary/aromatic N) is 2. The Morgan fingerprint density at radius 1 is 1.24 bits per heavy atom. The first-order valence-electron chi connectivity index (χ1n) is 8.75. The van der Waals surface area contributed by atoms with E-state index in [2.05, 4.69) is 22.1 Å². The van der Waals surface area contributed by atoms with E-state index >= 15 is 0 Å². The summed E-state index contributed by atoms with van der Waals surface area (Å²) in [6, 6.07) is 10.9. The summed E-state index contributed by atoms with van der Waals surface area (Å²) in [5, 5.41) is 2.91. The third-order valence-electron chi connectivity index (χ3n) is 3.73. The van der Waals surface area contributed by atoms with E-state index in [9.17, 15) is 4.79 Å². The first-order chi connectivity index (χ1) is 12.0. The Kier molecular flexibility index (Phi) is 6.81. The van der Waals surface area contributed by atoms with E-state index in [1.807, 2.05) is 51.2 Å². The maximum atomic E-state index is 12.5. The second-order valence-corrected chi connectivity index (χ2v) is 6.32. The molecule has 0 unspecified atom stereocenters. The number of anilines is 2. The largest absolute Gasteiger partial charge is 0.491 e. The van der Waals surface area contributed by atoms with Gasteiger partial charge in [0.2, 0.25) is 0 Å². The molecule has 2 rings (SSSR count). The van der Waals surface area contributed by atoms with Crippen molar-refractivity contribution in [2.24, 2.45) is 0 Å². The van der Waals surface area contributed by atoms with Crippen molar-refractivity contribution in [1.82, 2.24) is 4.98 Å². The highest BCUT2D eigenvalue weighted by molar-refractivity contribution is 6.04.